The number of aliphatic imine (C=N–C) groups is 1. The molecule has 1 saturated heterocycles. The van der Waals surface area contributed by atoms with Crippen LogP contribution in [0.5, 0.6) is 5.75 Å². The summed E-state index contributed by atoms with van der Waals surface area (Å²) in [5.74, 6) is 2.30. The lowest BCUT2D eigenvalue weighted by molar-refractivity contribution is 0.0778. The van der Waals surface area contributed by atoms with E-state index < -0.39 is 6.10 Å². The first-order chi connectivity index (χ1) is 20.8. The molecule has 3 N–H and O–H groups in total. The number of rotatable bonds is 11. The number of aromatic nitrogens is 4. The van der Waals surface area contributed by atoms with Gasteiger partial charge in [-0.25, -0.2) is 19.9 Å². The number of hydrogen-bond donors (Lipinski definition) is 2. The van der Waals surface area contributed by atoms with Gasteiger partial charge in [0.1, 0.15) is 23.9 Å². The fourth-order valence-corrected chi connectivity index (χ4v) is 5.51. The molecule has 0 bridgehead atoms. The average Bonchev–Trinajstić information content (AvgIpc) is 3.41. The number of benzene rings is 1. The van der Waals surface area contributed by atoms with Gasteiger partial charge < -0.3 is 30.1 Å². The number of aliphatic hydroxyl groups is 1. The molecule has 0 unspecified atom stereocenters. The molecular weight excluding hydrogens is 591 g/mol. The van der Waals surface area contributed by atoms with Crippen LogP contribution in [0, 0.1) is 6.92 Å². The lowest BCUT2D eigenvalue weighted by atomic mass is 10.1. The van der Waals surface area contributed by atoms with Crippen LogP contribution in [0.2, 0.25) is 5.02 Å². The summed E-state index contributed by atoms with van der Waals surface area (Å²) in [5, 5.41) is 10.9. The van der Waals surface area contributed by atoms with Gasteiger partial charge in [0.05, 0.1) is 40.2 Å². The zero-order valence-corrected chi connectivity index (χ0v) is 26.2. The van der Waals surface area contributed by atoms with Gasteiger partial charge in [0.15, 0.2) is 5.82 Å². The van der Waals surface area contributed by atoms with Crippen molar-refractivity contribution in [3.8, 4) is 17.1 Å². The van der Waals surface area contributed by atoms with Crippen molar-refractivity contribution in [3.05, 3.63) is 63.2 Å². The lowest BCUT2D eigenvalue weighted by Gasteiger charge is -2.38. The Bertz CT molecular complexity index is 1540. The number of nitrogens with zero attached hydrogens (tertiary/aromatic N) is 7. The summed E-state index contributed by atoms with van der Waals surface area (Å²) < 4.78 is 11.3. The highest BCUT2D eigenvalue weighted by molar-refractivity contribution is 6.46. The lowest BCUT2D eigenvalue weighted by Crippen LogP contribution is -2.52. The van der Waals surface area contributed by atoms with Gasteiger partial charge in [0.25, 0.3) is 0 Å². The first kappa shape index (κ1) is 30.9. The Hall–Kier alpha value is -3.51. The molecule has 1 fully saturated rings. The van der Waals surface area contributed by atoms with Crippen LogP contribution in [-0.4, -0.2) is 76.8 Å². The largest absolute Gasteiger partial charge is 0.491 e. The van der Waals surface area contributed by atoms with Crippen LogP contribution in [0.15, 0.2) is 40.6 Å². The molecule has 4 heterocycles. The normalized spacial score (nSPS) is 16.3. The van der Waals surface area contributed by atoms with Crippen molar-refractivity contribution >= 4 is 40.7 Å². The second kappa shape index (κ2) is 13.4. The SMILES string of the molecule is CCC[C@@H](O)COc1ccc(Cl)c(-c2nc(C(=NC)C(Cl)=CN)c(C)c(N3Cc4cnc(N5CC(OC)C5)nc4C3)n2)c1. The number of allylic oxidation sites excluding steroid dienone is 1. The van der Waals surface area contributed by atoms with E-state index in [-0.39, 0.29) is 17.7 Å². The molecule has 2 aromatic heterocycles. The van der Waals surface area contributed by atoms with Gasteiger partial charge in [-0.1, -0.05) is 36.5 Å². The Balaban J connectivity index is 1.52. The molecule has 0 aliphatic carbocycles. The molecule has 228 valence electrons. The van der Waals surface area contributed by atoms with Crippen molar-refractivity contribution in [3.63, 3.8) is 0 Å². The van der Waals surface area contributed by atoms with Gasteiger partial charge in [-0.2, -0.15) is 0 Å². The molecule has 0 saturated carbocycles. The molecule has 2 aliphatic rings. The monoisotopic (exact) mass is 626 g/mol. The Kier molecular flexibility index (Phi) is 9.65. The van der Waals surface area contributed by atoms with Crippen LogP contribution in [0.25, 0.3) is 11.4 Å². The highest BCUT2D eigenvalue weighted by Crippen LogP contribution is 2.36. The Morgan fingerprint density at radius 1 is 1.23 bits per heavy atom. The summed E-state index contributed by atoms with van der Waals surface area (Å²) in [6.07, 6.45) is 4.33. The van der Waals surface area contributed by atoms with Crippen molar-refractivity contribution in [2.24, 2.45) is 10.7 Å². The second-order valence-corrected chi connectivity index (χ2v) is 11.4. The zero-order valence-electron chi connectivity index (χ0n) is 24.7. The third-order valence-electron chi connectivity index (χ3n) is 7.59. The summed E-state index contributed by atoms with van der Waals surface area (Å²) in [6.45, 7) is 6.76. The van der Waals surface area contributed by atoms with E-state index >= 15 is 0 Å². The fraction of sp³-hybridized carbons (Fsp3) is 0.433. The minimum Gasteiger partial charge on any atom is -0.491 e. The van der Waals surface area contributed by atoms with Crippen LogP contribution in [-0.2, 0) is 17.8 Å². The molecule has 2 aliphatic heterocycles. The van der Waals surface area contributed by atoms with Crippen molar-refractivity contribution < 1.29 is 14.6 Å². The maximum Gasteiger partial charge on any atom is 0.225 e. The van der Waals surface area contributed by atoms with E-state index in [0.29, 0.717) is 64.8 Å². The van der Waals surface area contributed by atoms with Crippen LogP contribution < -0.4 is 20.3 Å². The van der Waals surface area contributed by atoms with E-state index in [0.717, 1.165) is 36.3 Å². The van der Waals surface area contributed by atoms with Gasteiger partial charge in [-0.15, -0.1) is 0 Å². The summed E-state index contributed by atoms with van der Waals surface area (Å²) in [4.78, 5) is 28.0. The van der Waals surface area contributed by atoms with Crippen LogP contribution >= 0.6 is 23.2 Å². The molecule has 13 heteroatoms. The first-order valence-electron chi connectivity index (χ1n) is 14.2. The molecule has 0 spiro atoms. The number of ether oxygens (including phenoxy) is 2. The minimum absolute atomic E-state index is 0.169. The summed E-state index contributed by atoms with van der Waals surface area (Å²) >= 11 is 13.2. The molecule has 1 atom stereocenters. The van der Waals surface area contributed by atoms with Crippen molar-refractivity contribution in [1.82, 2.24) is 19.9 Å². The molecular formula is C30H36Cl2N8O3. The predicted molar refractivity (Wildman–Crippen MR) is 169 cm³/mol. The van der Waals surface area contributed by atoms with Gasteiger partial charge in [-0.05, 0) is 31.5 Å². The van der Waals surface area contributed by atoms with Crippen LogP contribution in [0.1, 0.15) is 42.3 Å². The topological polar surface area (TPSA) is 135 Å². The molecule has 0 radical (unpaired) electrons. The smallest absolute Gasteiger partial charge is 0.225 e. The number of methoxy groups -OCH3 is 1. The standard InChI is InChI=1S/C30H36Cl2N8O3/c1-5-6-19(41)16-43-20-7-8-23(31)22(9-20)28-37-26(27(34-3)24(32)10-33)17(2)29(38-28)39-12-18-11-35-30(36-25(18)15-39)40-13-21(14-40)42-4/h7-11,19,21,41H,5-6,12-16,33H2,1-4H3/t19-/m1/s1. The van der Waals surface area contributed by atoms with Gasteiger partial charge >= 0.3 is 0 Å². The summed E-state index contributed by atoms with van der Waals surface area (Å²) in [5.41, 5.74) is 10.1. The summed E-state index contributed by atoms with van der Waals surface area (Å²) in [7, 11) is 3.35. The molecule has 5 rings (SSSR count). The fourth-order valence-electron chi connectivity index (χ4n) is 5.14. The third-order valence-corrected chi connectivity index (χ3v) is 8.23. The van der Waals surface area contributed by atoms with E-state index in [2.05, 4.69) is 19.8 Å². The number of hydrogen-bond acceptors (Lipinski definition) is 11. The van der Waals surface area contributed by atoms with Gasteiger partial charge in [0.2, 0.25) is 5.95 Å². The van der Waals surface area contributed by atoms with Crippen LogP contribution in [0.4, 0.5) is 11.8 Å². The quantitative estimate of drug-likeness (QED) is 0.297. The molecule has 3 aromatic rings. The molecule has 11 nitrogen and oxygen atoms in total. The van der Waals surface area contributed by atoms with Crippen molar-refractivity contribution in [2.45, 2.75) is 52.0 Å². The first-order valence-corrected chi connectivity index (χ1v) is 14.9. The van der Waals surface area contributed by atoms with Crippen molar-refractivity contribution in [2.75, 3.05) is 43.7 Å². The van der Waals surface area contributed by atoms with E-state index in [1.54, 1.807) is 32.4 Å². The highest BCUT2D eigenvalue weighted by atomic mass is 35.5. The van der Waals surface area contributed by atoms with Gasteiger partial charge in [-0.3, -0.25) is 4.99 Å². The number of halogens is 2. The summed E-state index contributed by atoms with van der Waals surface area (Å²) in [6, 6.07) is 5.27. The van der Waals surface area contributed by atoms with E-state index in [1.807, 2.05) is 20.0 Å². The average molecular weight is 628 g/mol. The number of nitrogens with two attached hydrogens (primary N) is 1. The molecule has 0 amide bonds. The van der Waals surface area contributed by atoms with E-state index in [1.165, 1.54) is 6.20 Å². The van der Waals surface area contributed by atoms with Gasteiger partial charge in [0, 0.05) is 62.9 Å². The maximum absolute atomic E-state index is 10.2. The molecule has 1 aromatic carbocycles. The van der Waals surface area contributed by atoms with E-state index in [4.69, 9.17) is 53.4 Å². The minimum atomic E-state index is -0.561. The molecule has 43 heavy (non-hydrogen) atoms. The number of anilines is 2. The third kappa shape index (κ3) is 6.54. The van der Waals surface area contributed by atoms with Crippen LogP contribution in [0.3, 0.4) is 0 Å². The number of fused-ring (bicyclic) bond motifs is 1. The Labute approximate surface area is 261 Å². The Morgan fingerprint density at radius 3 is 2.72 bits per heavy atom. The predicted octanol–water partition coefficient (Wildman–Crippen LogP) is 4.25. The second-order valence-electron chi connectivity index (χ2n) is 10.6. The zero-order chi connectivity index (χ0) is 30.7. The van der Waals surface area contributed by atoms with E-state index in [9.17, 15) is 5.11 Å². The highest BCUT2D eigenvalue weighted by Gasteiger charge is 2.32. The number of aliphatic hydroxyl groups excluding tert-OH is 1. The Morgan fingerprint density at radius 2 is 2.02 bits per heavy atom. The maximum atomic E-state index is 10.2. The van der Waals surface area contributed by atoms with Crippen molar-refractivity contribution in [1.29, 1.82) is 0 Å².